The molecule has 130 valence electrons. The van der Waals surface area contributed by atoms with Crippen molar-refractivity contribution in [1.82, 2.24) is 5.01 Å². The van der Waals surface area contributed by atoms with Gasteiger partial charge in [-0.05, 0) is 30.7 Å². The van der Waals surface area contributed by atoms with Gasteiger partial charge in [-0.3, -0.25) is 5.41 Å². The van der Waals surface area contributed by atoms with Crippen LogP contribution >= 0.6 is 0 Å². The Morgan fingerprint density at radius 2 is 2.04 bits per heavy atom. The molecule has 0 saturated heterocycles. The van der Waals surface area contributed by atoms with Gasteiger partial charge in [0.15, 0.2) is 18.2 Å². The van der Waals surface area contributed by atoms with Crippen molar-refractivity contribution in [1.29, 1.82) is 5.41 Å². The second-order valence-electron chi connectivity index (χ2n) is 5.79. The zero-order valence-electron chi connectivity index (χ0n) is 14.1. The molecule has 0 radical (unpaired) electrons. The van der Waals surface area contributed by atoms with Crippen LogP contribution in [0.25, 0.3) is 0 Å². The summed E-state index contributed by atoms with van der Waals surface area (Å²) in [7, 11) is 1.96. The van der Waals surface area contributed by atoms with E-state index in [-0.39, 0.29) is 18.2 Å². The molecule has 8 heteroatoms. The predicted molar refractivity (Wildman–Crippen MR) is 96.5 cm³/mol. The normalized spacial score (nSPS) is 14.9. The van der Waals surface area contributed by atoms with Crippen molar-refractivity contribution in [3.8, 4) is 0 Å². The maximum atomic E-state index is 8.28. The third-order valence-electron chi connectivity index (χ3n) is 3.81. The average Bonchev–Trinajstić information content (AvgIpc) is 2.86. The van der Waals surface area contributed by atoms with Crippen LogP contribution in [-0.2, 0) is 13.6 Å². The number of benzene rings is 1. The molecule has 5 N–H and O–H groups in total. The molecular formula is C17H20ClN7. The van der Waals surface area contributed by atoms with Gasteiger partial charge in [0.05, 0.1) is 24.1 Å². The number of amidine groups is 1. The molecule has 7 nitrogen and oxygen atoms in total. The highest BCUT2D eigenvalue weighted by atomic mass is 35.5. The van der Waals surface area contributed by atoms with Gasteiger partial charge in [0.2, 0.25) is 0 Å². The molecule has 0 saturated carbocycles. The minimum Gasteiger partial charge on any atom is -1.00 e. The second kappa shape index (κ2) is 7.31. The number of aryl methyl sites for hydroxylation is 2. The molecule has 2 heterocycles. The van der Waals surface area contributed by atoms with E-state index in [1.54, 1.807) is 17.3 Å². The number of aliphatic imine (C=N–C) groups is 1. The van der Waals surface area contributed by atoms with Crippen LogP contribution in [0.2, 0.25) is 0 Å². The number of halogens is 1. The number of anilines is 2. The van der Waals surface area contributed by atoms with Gasteiger partial charge >= 0.3 is 0 Å². The highest BCUT2D eigenvalue weighted by molar-refractivity contribution is 6.63. The van der Waals surface area contributed by atoms with Crippen molar-refractivity contribution in [3.05, 3.63) is 47.8 Å². The first kappa shape index (κ1) is 18.4. The number of nitrogens with two attached hydrogens (primary N) is 2. The van der Waals surface area contributed by atoms with Gasteiger partial charge in [-0.2, -0.15) is 5.10 Å². The zero-order valence-corrected chi connectivity index (χ0v) is 14.8. The van der Waals surface area contributed by atoms with Crippen LogP contribution in [0.3, 0.4) is 0 Å². The quantitative estimate of drug-likeness (QED) is 0.461. The fraction of sp³-hybridized carbons (Fsp3) is 0.176. The number of nitrogens with one attached hydrogen (secondary N) is 1. The smallest absolute Gasteiger partial charge is 0.173 e. The van der Waals surface area contributed by atoms with E-state index in [1.165, 1.54) is 0 Å². The Bertz CT molecular complexity index is 873. The maximum Gasteiger partial charge on any atom is 0.173 e. The number of aromatic nitrogens is 1. The van der Waals surface area contributed by atoms with Crippen LogP contribution < -0.4 is 28.4 Å². The third kappa shape index (κ3) is 3.95. The molecule has 25 heavy (non-hydrogen) atoms. The largest absolute Gasteiger partial charge is 1.00 e. The Kier molecular flexibility index (Phi) is 5.38. The summed E-state index contributed by atoms with van der Waals surface area (Å²) in [5.41, 5.74) is 16.0. The van der Waals surface area contributed by atoms with Crippen LogP contribution in [-0.4, -0.2) is 22.8 Å². The van der Waals surface area contributed by atoms with Crippen LogP contribution in [0.4, 0.5) is 17.1 Å². The molecule has 0 bridgehead atoms. The summed E-state index contributed by atoms with van der Waals surface area (Å²) in [5.74, 6) is 0.246. The summed E-state index contributed by atoms with van der Waals surface area (Å²) in [5, 5.41) is 14.2. The lowest BCUT2D eigenvalue weighted by atomic mass is 10.1. The first-order valence-electron chi connectivity index (χ1n) is 7.53. The number of nitrogens with zero attached hydrogens (tertiary/aromatic N) is 4. The van der Waals surface area contributed by atoms with E-state index < -0.39 is 0 Å². The fourth-order valence-corrected chi connectivity index (χ4v) is 2.45. The maximum absolute atomic E-state index is 8.28. The number of pyridine rings is 1. The average molecular weight is 358 g/mol. The lowest BCUT2D eigenvalue weighted by Gasteiger charge is -2.13. The number of hydrogen-bond donors (Lipinski definition) is 3. The molecule has 0 atom stereocenters. The van der Waals surface area contributed by atoms with Crippen molar-refractivity contribution >= 4 is 34.8 Å². The molecule has 0 fully saturated rings. The van der Waals surface area contributed by atoms with E-state index >= 15 is 0 Å². The van der Waals surface area contributed by atoms with Gasteiger partial charge in [0.25, 0.3) is 0 Å². The van der Waals surface area contributed by atoms with Crippen LogP contribution in [0.15, 0.2) is 46.8 Å². The van der Waals surface area contributed by atoms with Gasteiger partial charge in [0.1, 0.15) is 12.8 Å². The van der Waals surface area contributed by atoms with Crippen molar-refractivity contribution in [2.24, 2.45) is 17.1 Å². The summed E-state index contributed by atoms with van der Waals surface area (Å²) in [6.45, 7) is 2.41. The summed E-state index contributed by atoms with van der Waals surface area (Å²) in [6.07, 6.45) is 5.54. The third-order valence-corrected chi connectivity index (χ3v) is 3.81. The van der Waals surface area contributed by atoms with Gasteiger partial charge in [-0.1, -0.05) is 0 Å². The Morgan fingerprint density at radius 1 is 1.28 bits per heavy atom. The topological polar surface area (TPSA) is 108 Å². The standard InChI is InChI=1S/C17H20N7.ClH/c1-11-6-15(14(19)7-13(11)18)22-16-8-21-24(17(16)20)10-12-4-3-5-23(2)9-12;/h3-9,20H,10,18-19H2,1-2H3;1H/q+1;/p-1. The molecule has 0 amide bonds. The van der Waals surface area contributed by atoms with Gasteiger partial charge < -0.3 is 23.9 Å². The molecule has 0 spiro atoms. The molecule has 0 unspecified atom stereocenters. The van der Waals surface area contributed by atoms with Crippen LogP contribution in [0, 0.1) is 12.3 Å². The van der Waals surface area contributed by atoms with Crippen molar-refractivity contribution in [2.75, 3.05) is 11.5 Å². The minimum atomic E-state index is 0. The monoisotopic (exact) mass is 357 g/mol. The first-order valence-corrected chi connectivity index (χ1v) is 7.53. The van der Waals surface area contributed by atoms with Crippen LogP contribution in [0.5, 0.6) is 0 Å². The molecule has 1 aromatic heterocycles. The van der Waals surface area contributed by atoms with E-state index in [0.29, 0.717) is 29.3 Å². The molecule has 0 aliphatic carbocycles. The van der Waals surface area contributed by atoms with E-state index in [2.05, 4.69) is 10.1 Å². The van der Waals surface area contributed by atoms with Crippen molar-refractivity contribution in [3.63, 3.8) is 0 Å². The number of hydrogen-bond acceptors (Lipinski definition) is 5. The van der Waals surface area contributed by atoms with Gasteiger partial charge in [0, 0.05) is 17.3 Å². The molecule has 1 aliphatic heterocycles. The van der Waals surface area contributed by atoms with Gasteiger partial charge in [-0.25, -0.2) is 14.6 Å². The fourth-order valence-electron chi connectivity index (χ4n) is 2.45. The predicted octanol–water partition coefficient (Wildman–Crippen LogP) is -1.46. The SMILES string of the molecule is Cc1cc(N=C2C=NN(Cc3ccc[n+](C)c3)C2=N)c(N)cc1N.[Cl-]. The Hall–Kier alpha value is -2.93. The van der Waals surface area contributed by atoms with E-state index in [1.807, 2.05) is 49.1 Å². The minimum absolute atomic E-state index is 0. The number of nitrogen functional groups attached to an aromatic ring is 2. The highest BCUT2D eigenvalue weighted by Gasteiger charge is 2.21. The summed E-state index contributed by atoms with van der Waals surface area (Å²) >= 11 is 0. The lowest BCUT2D eigenvalue weighted by molar-refractivity contribution is -0.672. The number of hydrazone groups is 1. The molecular weight excluding hydrogens is 338 g/mol. The molecule has 1 aromatic carbocycles. The van der Waals surface area contributed by atoms with E-state index in [4.69, 9.17) is 16.9 Å². The lowest BCUT2D eigenvalue weighted by Crippen LogP contribution is -3.00. The highest BCUT2D eigenvalue weighted by Crippen LogP contribution is 2.28. The Balaban J connectivity index is 0.00000225. The molecule has 1 aliphatic rings. The van der Waals surface area contributed by atoms with E-state index in [0.717, 1.165) is 11.1 Å². The van der Waals surface area contributed by atoms with Crippen LogP contribution in [0.1, 0.15) is 11.1 Å². The molecule has 2 aromatic rings. The van der Waals surface area contributed by atoms with Crippen molar-refractivity contribution < 1.29 is 17.0 Å². The Morgan fingerprint density at radius 3 is 2.76 bits per heavy atom. The van der Waals surface area contributed by atoms with Gasteiger partial charge in [-0.15, -0.1) is 0 Å². The second-order valence-corrected chi connectivity index (χ2v) is 5.79. The van der Waals surface area contributed by atoms with E-state index in [9.17, 15) is 0 Å². The first-order chi connectivity index (χ1) is 11.4. The Labute approximate surface area is 152 Å². The zero-order chi connectivity index (χ0) is 17.3. The summed E-state index contributed by atoms with van der Waals surface area (Å²) in [4.78, 5) is 4.47. The molecule has 3 rings (SSSR count). The van der Waals surface area contributed by atoms with Crippen molar-refractivity contribution in [2.45, 2.75) is 13.5 Å². The summed E-state index contributed by atoms with van der Waals surface area (Å²) < 4.78 is 1.96. The number of rotatable bonds is 3. The summed E-state index contributed by atoms with van der Waals surface area (Å²) in [6, 6.07) is 7.47.